The molecule has 6 fully saturated rings. The van der Waals surface area contributed by atoms with Crippen LogP contribution >= 0.6 is 0 Å². The average molecular weight is 345 g/mol. The Morgan fingerprint density at radius 3 is 1.54 bits per heavy atom. The van der Waals surface area contributed by atoms with Crippen LogP contribution in [0.3, 0.4) is 0 Å². The Morgan fingerprint density at radius 1 is 0.625 bits per heavy atom. The van der Waals surface area contributed by atoms with Gasteiger partial charge in [-0.1, -0.05) is 12.2 Å². The van der Waals surface area contributed by atoms with Gasteiger partial charge in [-0.3, -0.25) is 0 Å². The van der Waals surface area contributed by atoms with E-state index in [1.165, 1.54) is 19.3 Å². The minimum Gasteiger partial charge on any atom is -0.229 e. The molecule has 12 unspecified atom stereocenters. The fourth-order valence-electron chi connectivity index (χ4n) is 9.48. The van der Waals surface area contributed by atoms with Gasteiger partial charge in [-0.15, -0.1) is 13.2 Å². The molecule has 1 saturated heterocycles. The largest absolute Gasteiger partial charge is 0.229 e. The lowest BCUT2D eigenvalue weighted by atomic mass is 9.58. The first-order chi connectivity index (χ1) is 11.5. The molecule has 5 aliphatic carbocycles. The van der Waals surface area contributed by atoms with Crippen LogP contribution in [0.1, 0.15) is 19.3 Å². The number of hydrogen-bond acceptors (Lipinski definition) is 2. The van der Waals surface area contributed by atoms with E-state index in [2.05, 4.69) is 25.3 Å². The van der Waals surface area contributed by atoms with Gasteiger partial charge in [0.1, 0.15) is 0 Å². The van der Waals surface area contributed by atoms with Crippen molar-refractivity contribution in [2.45, 2.75) is 19.3 Å². The van der Waals surface area contributed by atoms with Gasteiger partial charge in [0.2, 0.25) is 0 Å². The Hall–Kier alpha value is -0.570. The average Bonchev–Trinajstić information content (AvgIpc) is 3.30. The van der Waals surface area contributed by atoms with Crippen LogP contribution < -0.4 is 0 Å². The Labute approximate surface area is 145 Å². The summed E-state index contributed by atoms with van der Waals surface area (Å²) in [5, 5.41) is 0. The fourth-order valence-corrected chi connectivity index (χ4v) is 11.8. The van der Waals surface area contributed by atoms with Gasteiger partial charge in [0.05, 0.1) is 11.5 Å². The zero-order valence-electron chi connectivity index (χ0n) is 14.3. The minimum atomic E-state index is -2.76. The maximum Gasteiger partial charge on any atom is 0.150 e. The molecule has 0 aromatic heterocycles. The van der Waals surface area contributed by atoms with E-state index in [-0.39, 0.29) is 0 Å². The molecule has 0 aromatic rings. The lowest BCUT2D eigenvalue weighted by Crippen LogP contribution is -2.43. The zero-order chi connectivity index (χ0) is 16.4. The Kier molecular flexibility index (Phi) is 2.67. The summed E-state index contributed by atoms with van der Waals surface area (Å²) in [7, 11) is -2.76. The van der Waals surface area contributed by atoms with Crippen molar-refractivity contribution in [2.24, 2.45) is 71.0 Å². The normalized spacial score (nSPS) is 64.0. The summed E-state index contributed by atoms with van der Waals surface area (Å²) in [6.45, 7) is 8.29. The third-order valence-electron chi connectivity index (χ3n) is 9.63. The molecule has 24 heavy (non-hydrogen) atoms. The molecular weight excluding hydrogens is 316 g/mol. The third kappa shape index (κ3) is 1.49. The van der Waals surface area contributed by atoms with Crippen LogP contribution in [0.4, 0.5) is 0 Å². The number of hydrogen-bond donors (Lipinski definition) is 0. The molecule has 2 nitrogen and oxygen atoms in total. The molecular formula is C21H28O2S. The third-order valence-corrected chi connectivity index (χ3v) is 11.4. The molecule has 6 rings (SSSR count). The van der Waals surface area contributed by atoms with Gasteiger partial charge in [-0.2, -0.15) is 0 Å². The lowest BCUT2D eigenvalue weighted by molar-refractivity contribution is 0.0171. The van der Waals surface area contributed by atoms with Crippen molar-refractivity contribution in [2.75, 3.05) is 11.5 Å². The topological polar surface area (TPSA) is 34.1 Å². The number of rotatable bonds is 2. The van der Waals surface area contributed by atoms with E-state index in [0.717, 1.165) is 47.3 Å². The summed E-state index contributed by atoms with van der Waals surface area (Å²) in [5.41, 5.74) is 0. The summed E-state index contributed by atoms with van der Waals surface area (Å²) in [4.78, 5) is 0. The molecule has 4 bridgehead atoms. The van der Waals surface area contributed by atoms with Crippen molar-refractivity contribution in [3.05, 3.63) is 25.3 Å². The molecule has 0 aromatic carbocycles. The maximum absolute atomic E-state index is 12.2. The van der Waals surface area contributed by atoms with Crippen LogP contribution in [0, 0.1) is 71.0 Å². The molecule has 12 atom stereocenters. The van der Waals surface area contributed by atoms with Gasteiger partial charge in [-0.05, 0) is 90.3 Å². The second kappa shape index (κ2) is 4.39. The van der Waals surface area contributed by atoms with Gasteiger partial charge < -0.3 is 0 Å². The van der Waals surface area contributed by atoms with E-state index in [9.17, 15) is 8.42 Å². The zero-order valence-corrected chi connectivity index (χ0v) is 15.1. The van der Waals surface area contributed by atoms with Crippen LogP contribution in [0.15, 0.2) is 25.3 Å². The molecule has 1 heterocycles. The summed E-state index contributed by atoms with van der Waals surface area (Å²) < 4.78 is 24.5. The van der Waals surface area contributed by atoms with E-state index in [0.29, 0.717) is 35.2 Å². The van der Waals surface area contributed by atoms with Gasteiger partial charge in [0.25, 0.3) is 0 Å². The Bertz CT molecular complexity index is 672. The van der Waals surface area contributed by atoms with Crippen LogP contribution in [-0.4, -0.2) is 19.9 Å². The Morgan fingerprint density at radius 2 is 1.08 bits per heavy atom. The Balaban J connectivity index is 1.40. The highest BCUT2D eigenvalue weighted by molar-refractivity contribution is 7.91. The van der Waals surface area contributed by atoms with Gasteiger partial charge in [-0.25, -0.2) is 8.42 Å². The van der Waals surface area contributed by atoms with Crippen molar-refractivity contribution in [1.29, 1.82) is 0 Å². The highest BCUT2D eigenvalue weighted by Gasteiger charge is 2.73. The molecule has 0 radical (unpaired) electrons. The summed E-state index contributed by atoms with van der Waals surface area (Å²) in [6, 6.07) is 0. The molecule has 1 aliphatic heterocycles. The minimum absolute atomic E-state index is 0.508. The molecule has 0 amide bonds. The molecule has 5 saturated carbocycles. The van der Waals surface area contributed by atoms with Crippen LogP contribution in [0.25, 0.3) is 0 Å². The first-order valence-electron chi connectivity index (χ1n) is 9.99. The second-order valence-corrected chi connectivity index (χ2v) is 12.0. The highest BCUT2D eigenvalue weighted by atomic mass is 32.2. The molecule has 3 heteroatoms. The standard InChI is InChI=1S/C21H28O2S/c1-3-10-5-11(4-2)19-15-7-14(18(10)19)20-12-6-13(21(15)20)17-9-24(22,23)8-16(12)17/h3-4,10-21H,1-2,5-9H2. The lowest BCUT2D eigenvalue weighted by Gasteiger charge is -2.46. The van der Waals surface area contributed by atoms with Crippen molar-refractivity contribution in [3.63, 3.8) is 0 Å². The number of fused-ring (bicyclic) bond motifs is 15. The van der Waals surface area contributed by atoms with Crippen LogP contribution in [-0.2, 0) is 9.84 Å². The summed E-state index contributed by atoms with van der Waals surface area (Å²) in [5.74, 6) is 9.92. The maximum atomic E-state index is 12.2. The van der Waals surface area contributed by atoms with Gasteiger partial charge in [0.15, 0.2) is 9.84 Å². The van der Waals surface area contributed by atoms with E-state index in [1.807, 2.05) is 0 Å². The first-order valence-corrected chi connectivity index (χ1v) is 11.8. The molecule has 130 valence electrons. The van der Waals surface area contributed by atoms with E-state index in [4.69, 9.17) is 0 Å². The van der Waals surface area contributed by atoms with Crippen molar-refractivity contribution in [3.8, 4) is 0 Å². The van der Waals surface area contributed by atoms with Crippen molar-refractivity contribution < 1.29 is 8.42 Å². The molecule has 0 spiro atoms. The fraction of sp³-hybridized carbons (Fsp3) is 0.810. The van der Waals surface area contributed by atoms with Crippen molar-refractivity contribution in [1.82, 2.24) is 0 Å². The predicted octanol–water partition coefficient (Wildman–Crippen LogP) is 3.42. The predicted molar refractivity (Wildman–Crippen MR) is 94.8 cm³/mol. The quantitative estimate of drug-likeness (QED) is 0.568. The summed E-state index contributed by atoms with van der Waals surface area (Å²) >= 11 is 0. The van der Waals surface area contributed by atoms with E-state index >= 15 is 0 Å². The van der Waals surface area contributed by atoms with Gasteiger partial charge >= 0.3 is 0 Å². The van der Waals surface area contributed by atoms with Crippen LogP contribution in [0.5, 0.6) is 0 Å². The second-order valence-electron chi connectivity index (χ2n) is 9.88. The first kappa shape index (κ1) is 14.6. The molecule has 6 aliphatic rings. The van der Waals surface area contributed by atoms with Gasteiger partial charge in [0, 0.05) is 0 Å². The monoisotopic (exact) mass is 344 g/mol. The van der Waals surface area contributed by atoms with E-state index < -0.39 is 9.84 Å². The molecule has 0 N–H and O–H groups in total. The van der Waals surface area contributed by atoms with E-state index in [1.54, 1.807) is 0 Å². The van der Waals surface area contributed by atoms with Crippen molar-refractivity contribution >= 4 is 9.84 Å². The number of sulfone groups is 1. The SMILES string of the molecule is C=CC1CC(C=C)C2C3CC(C12)C1C2CC(C4CS(=O)(=O)CC42)C31. The smallest absolute Gasteiger partial charge is 0.150 e. The number of allylic oxidation sites excluding steroid dienone is 2. The van der Waals surface area contributed by atoms with Crippen LogP contribution in [0.2, 0.25) is 0 Å². The highest BCUT2D eigenvalue weighted by Crippen LogP contribution is 2.77. The summed E-state index contributed by atoms with van der Waals surface area (Å²) in [6.07, 6.45) is 8.51.